The second-order valence-corrected chi connectivity index (χ2v) is 9.12. The van der Waals surface area contributed by atoms with Gasteiger partial charge in [-0.05, 0) is 51.0 Å². The Morgan fingerprint density at radius 1 is 0.939 bits per heavy atom. The van der Waals surface area contributed by atoms with Crippen LogP contribution in [-0.4, -0.2) is 58.2 Å². The number of aromatic nitrogens is 4. The number of halogens is 2. The van der Waals surface area contributed by atoms with Crippen molar-refractivity contribution in [2.45, 2.75) is 38.8 Å². The molecule has 0 radical (unpaired) electrons. The molecule has 3 aromatic rings. The van der Waals surface area contributed by atoms with Crippen LogP contribution in [0.1, 0.15) is 26.7 Å². The highest BCUT2D eigenvalue weighted by Gasteiger charge is 2.29. The summed E-state index contributed by atoms with van der Waals surface area (Å²) in [5.41, 5.74) is 1.69. The fraction of sp³-hybridized carbons (Fsp3) is 0.417. The van der Waals surface area contributed by atoms with E-state index in [0.717, 1.165) is 62.0 Å². The van der Waals surface area contributed by atoms with E-state index in [1.807, 2.05) is 6.07 Å². The molecule has 9 heteroatoms. The maximum Gasteiger partial charge on any atom is 0.228 e. The lowest BCUT2D eigenvalue weighted by Gasteiger charge is -2.41. The molecular weight excluding hydrogens is 441 g/mol. The fourth-order valence-corrected chi connectivity index (χ4v) is 4.94. The molecule has 0 spiro atoms. The summed E-state index contributed by atoms with van der Waals surface area (Å²) in [4.78, 5) is 25.2. The number of nitrogens with zero attached hydrogens (tertiary/aromatic N) is 7. The zero-order valence-electron chi connectivity index (χ0n) is 18.8. The van der Waals surface area contributed by atoms with Gasteiger partial charge in [-0.1, -0.05) is 11.6 Å². The molecule has 5 rings (SSSR count). The van der Waals surface area contributed by atoms with Crippen LogP contribution in [0.2, 0.25) is 5.15 Å². The summed E-state index contributed by atoms with van der Waals surface area (Å²) in [5.74, 6) is 2.08. The second-order valence-electron chi connectivity index (χ2n) is 8.76. The quantitative estimate of drug-likeness (QED) is 0.562. The number of benzene rings is 1. The molecule has 2 aliphatic rings. The number of piperazine rings is 1. The molecule has 0 aliphatic carbocycles. The van der Waals surface area contributed by atoms with Gasteiger partial charge in [0.2, 0.25) is 5.95 Å². The van der Waals surface area contributed by atoms with Crippen molar-refractivity contribution in [1.29, 1.82) is 0 Å². The molecule has 0 amide bonds. The average molecular weight is 468 g/mol. The van der Waals surface area contributed by atoms with E-state index < -0.39 is 0 Å². The van der Waals surface area contributed by atoms with E-state index in [0.29, 0.717) is 17.0 Å². The number of hydrogen-bond donors (Lipinski definition) is 0. The van der Waals surface area contributed by atoms with E-state index in [-0.39, 0.29) is 11.9 Å². The summed E-state index contributed by atoms with van der Waals surface area (Å²) in [6.07, 6.45) is 5.54. The van der Waals surface area contributed by atoms with Crippen LogP contribution in [0.25, 0.3) is 11.3 Å². The Morgan fingerprint density at radius 3 is 2.42 bits per heavy atom. The third kappa shape index (κ3) is 4.44. The smallest absolute Gasteiger partial charge is 0.228 e. The van der Waals surface area contributed by atoms with Crippen molar-refractivity contribution in [3.8, 4) is 11.3 Å². The lowest BCUT2D eigenvalue weighted by atomic mass is 10.1. The summed E-state index contributed by atoms with van der Waals surface area (Å²) >= 11 is 6.28. The summed E-state index contributed by atoms with van der Waals surface area (Å²) in [6.45, 7) is 7.61. The molecule has 172 valence electrons. The molecule has 2 atom stereocenters. The third-order valence-corrected chi connectivity index (χ3v) is 6.77. The first-order valence-corrected chi connectivity index (χ1v) is 11.8. The third-order valence-electron chi connectivity index (χ3n) is 6.51. The van der Waals surface area contributed by atoms with Gasteiger partial charge in [-0.3, -0.25) is 0 Å². The summed E-state index contributed by atoms with van der Waals surface area (Å²) in [6, 6.07) is 9.08. The second kappa shape index (κ2) is 9.09. The molecule has 2 aliphatic heterocycles. The summed E-state index contributed by atoms with van der Waals surface area (Å²) in [7, 11) is 0. The largest absolute Gasteiger partial charge is 0.350 e. The Morgan fingerprint density at radius 2 is 1.73 bits per heavy atom. The Hall–Kier alpha value is -3.00. The van der Waals surface area contributed by atoms with Crippen molar-refractivity contribution in [3.05, 3.63) is 53.7 Å². The minimum atomic E-state index is -0.256. The van der Waals surface area contributed by atoms with E-state index >= 15 is 0 Å². The first kappa shape index (κ1) is 21.8. The van der Waals surface area contributed by atoms with Gasteiger partial charge in [0.05, 0.1) is 5.69 Å². The van der Waals surface area contributed by atoms with Crippen LogP contribution in [0.5, 0.6) is 0 Å². The van der Waals surface area contributed by atoms with E-state index in [1.54, 1.807) is 24.5 Å². The highest BCUT2D eigenvalue weighted by atomic mass is 35.5. The molecule has 0 saturated carbocycles. The zero-order chi connectivity index (χ0) is 22.9. The van der Waals surface area contributed by atoms with Gasteiger partial charge in [0.25, 0.3) is 0 Å². The Labute approximate surface area is 198 Å². The predicted molar refractivity (Wildman–Crippen MR) is 130 cm³/mol. The van der Waals surface area contributed by atoms with Crippen molar-refractivity contribution in [2.24, 2.45) is 0 Å². The number of hydrogen-bond acceptors (Lipinski definition) is 7. The van der Waals surface area contributed by atoms with Gasteiger partial charge in [-0.2, -0.15) is 4.98 Å². The molecule has 1 aromatic carbocycles. The molecule has 0 N–H and O–H groups in total. The first-order valence-electron chi connectivity index (χ1n) is 11.4. The summed E-state index contributed by atoms with van der Waals surface area (Å²) in [5, 5.41) is 0.420. The maximum atomic E-state index is 13.5. The topological polar surface area (TPSA) is 61.3 Å². The lowest BCUT2D eigenvalue weighted by Crippen LogP contribution is -2.53. The normalized spacial score (nSPS) is 21.0. The molecule has 2 aromatic heterocycles. The Kier molecular flexibility index (Phi) is 6.01. The lowest BCUT2D eigenvalue weighted by molar-refractivity contribution is 0.541. The highest BCUT2D eigenvalue weighted by molar-refractivity contribution is 6.31. The van der Waals surface area contributed by atoms with Crippen molar-refractivity contribution >= 4 is 29.2 Å². The van der Waals surface area contributed by atoms with Crippen molar-refractivity contribution in [1.82, 2.24) is 19.9 Å². The van der Waals surface area contributed by atoms with Gasteiger partial charge in [-0.25, -0.2) is 19.3 Å². The summed E-state index contributed by atoms with van der Waals surface area (Å²) < 4.78 is 13.5. The molecule has 0 bridgehead atoms. The van der Waals surface area contributed by atoms with Gasteiger partial charge in [-0.15, -0.1) is 0 Å². The fourth-order valence-electron chi connectivity index (χ4n) is 4.71. The van der Waals surface area contributed by atoms with Crippen molar-refractivity contribution < 1.29 is 4.39 Å². The first-order chi connectivity index (χ1) is 16.0. The average Bonchev–Trinajstić information content (AvgIpc) is 3.25. The van der Waals surface area contributed by atoms with Crippen molar-refractivity contribution in [2.75, 3.05) is 40.9 Å². The van der Waals surface area contributed by atoms with Crippen LogP contribution in [0.4, 0.5) is 22.0 Å². The van der Waals surface area contributed by atoms with Gasteiger partial charge in [0.1, 0.15) is 11.6 Å². The molecule has 2 unspecified atom stereocenters. The van der Waals surface area contributed by atoms with Crippen molar-refractivity contribution in [3.63, 3.8) is 0 Å². The van der Waals surface area contributed by atoms with E-state index in [9.17, 15) is 4.39 Å². The van der Waals surface area contributed by atoms with Gasteiger partial charge in [0, 0.05) is 62.3 Å². The van der Waals surface area contributed by atoms with Gasteiger partial charge in [0.15, 0.2) is 11.0 Å². The van der Waals surface area contributed by atoms with Crippen LogP contribution in [0.3, 0.4) is 0 Å². The molecule has 4 heterocycles. The molecular formula is C24H27ClFN7. The molecule has 2 fully saturated rings. The molecule has 7 nitrogen and oxygen atoms in total. The van der Waals surface area contributed by atoms with E-state index in [4.69, 9.17) is 21.6 Å². The zero-order valence-corrected chi connectivity index (χ0v) is 19.6. The van der Waals surface area contributed by atoms with Crippen LogP contribution >= 0.6 is 11.6 Å². The monoisotopic (exact) mass is 467 g/mol. The van der Waals surface area contributed by atoms with Crippen LogP contribution in [-0.2, 0) is 0 Å². The maximum absolute atomic E-state index is 13.5. The SMILES string of the molecule is CC1CN(c2nccnc2Cl)CCN1c1cc(-c2ccc(F)cc2)nc(N2CCCC2C)n1. The standard InChI is InChI=1S/C24H27ClFN7/c1-16-4-3-11-33(16)24-29-20(18-5-7-19(26)8-6-18)14-21(30-24)32-13-12-31(15-17(32)2)23-22(25)27-9-10-28-23/h5-10,14,16-17H,3-4,11-13,15H2,1-2H3. The predicted octanol–water partition coefficient (Wildman–Crippen LogP) is 4.43. The minimum absolute atomic E-state index is 0.177. The highest BCUT2D eigenvalue weighted by Crippen LogP contribution is 2.31. The van der Waals surface area contributed by atoms with E-state index in [1.165, 1.54) is 12.1 Å². The number of rotatable bonds is 4. The van der Waals surface area contributed by atoms with Gasteiger partial charge < -0.3 is 14.7 Å². The number of anilines is 3. The Bertz CT molecular complexity index is 1130. The molecule has 33 heavy (non-hydrogen) atoms. The Balaban J connectivity index is 1.47. The van der Waals surface area contributed by atoms with Gasteiger partial charge >= 0.3 is 0 Å². The minimum Gasteiger partial charge on any atom is -0.350 e. The van der Waals surface area contributed by atoms with Crippen LogP contribution in [0, 0.1) is 5.82 Å². The van der Waals surface area contributed by atoms with Crippen LogP contribution < -0.4 is 14.7 Å². The molecule has 2 saturated heterocycles. The van der Waals surface area contributed by atoms with Crippen LogP contribution in [0.15, 0.2) is 42.7 Å². The van der Waals surface area contributed by atoms with E-state index in [2.05, 4.69) is 38.5 Å².